The topological polar surface area (TPSA) is 3.24 Å². The van der Waals surface area contributed by atoms with Gasteiger partial charge in [0.2, 0.25) is 0 Å². The van der Waals surface area contributed by atoms with E-state index in [1.165, 1.54) is 11.3 Å². The van der Waals surface area contributed by atoms with E-state index in [-0.39, 0.29) is 0 Å². The zero-order valence-corrected chi connectivity index (χ0v) is 10.9. The molecule has 0 spiro atoms. The highest BCUT2D eigenvalue weighted by Crippen LogP contribution is 2.28. The van der Waals surface area contributed by atoms with Crippen molar-refractivity contribution in [2.75, 3.05) is 13.6 Å². The van der Waals surface area contributed by atoms with Crippen molar-refractivity contribution in [3.8, 4) is 0 Å². The van der Waals surface area contributed by atoms with Crippen LogP contribution in [-0.4, -0.2) is 18.5 Å². The highest BCUT2D eigenvalue weighted by atomic mass is 35.5. The van der Waals surface area contributed by atoms with Gasteiger partial charge in [-0.15, -0.1) is 0 Å². The summed E-state index contributed by atoms with van der Waals surface area (Å²) in [5.74, 6) is 0.745. The summed E-state index contributed by atoms with van der Waals surface area (Å²) in [6, 6.07) is 6.30. The van der Waals surface area contributed by atoms with Crippen molar-refractivity contribution >= 4 is 17.3 Å². The second-order valence-electron chi connectivity index (χ2n) is 4.77. The van der Waals surface area contributed by atoms with E-state index in [2.05, 4.69) is 43.1 Å². The summed E-state index contributed by atoms with van der Waals surface area (Å²) in [5.41, 5.74) is 3.67. The summed E-state index contributed by atoms with van der Waals surface area (Å²) >= 11 is 6.16. The van der Waals surface area contributed by atoms with Crippen molar-refractivity contribution in [2.45, 2.75) is 20.3 Å². The van der Waals surface area contributed by atoms with Gasteiger partial charge < -0.3 is 4.90 Å². The third-order valence-electron chi connectivity index (χ3n) is 3.18. The molecule has 0 radical (unpaired) electrons. The molecule has 0 fully saturated rings. The minimum atomic E-state index is 0.745. The van der Waals surface area contributed by atoms with Crippen LogP contribution in [0.15, 0.2) is 24.3 Å². The summed E-state index contributed by atoms with van der Waals surface area (Å²) in [7, 11) is 2.15. The number of benzene rings is 1. The second-order valence-corrected chi connectivity index (χ2v) is 5.18. The highest BCUT2D eigenvalue weighted by Gasteiger charge is 2.16. The number of hydrogen-bond donors (Lipinski definition) is 0. The first-order valence-corrected chi connectivity index (χ1v) is 6.13. The maximum Gasteiger partial charge on any atom is 0.0441 e. The van der Waals surface area contributed by atoms with E-state index >= 15 is 0 Å². The molecule has 1 atom stereocenters. The van der Waals surface area contributed by atoms with Crippen LogP contribution in [-0.2, 0) is 0 Å². The molecule has 0 saturated carbocycles. The van der Waals surface area contributed by atoms with Gasteiger partial charge in [0.1, 0.15) is 0 Å². The number of rotatable bonds is 1. The molecule has 0 aromatic heterocycles. The number of aryl methyl sites for hydroxylation is 1. The number of hydrogen-bond acceptors (Lipinski definition) is 1. The molecule has 1 unspecified atom stereocenters. The summed E-state index contributed by atoms with van der Waals surface area (Å²) < 4.78 is 0. The van der Waals surface area contributed by atoms with E-state index in [0.717, 1.165) is 29.5 Å². The molecule has 1 aromatic carbocycles. The Morgan fingerprint density at radius 3 is 2.75 bits per heavy atom. The van der Waals surface area contributed by atoms with Crippen molar-refractivity contribution in [1.82, 2.24) is 4.90 Å². The fraction of sp³-hybridized carbons (Fsp3) is 0.429. The lowest BCUT2D eigenvalue weighted by molar-refractivity contribution is 0.370. The third-order valence-corrected chi connectivity index (χ3v) is 3.59. The Morgan fingerprint density at radius 2 is 2.12 bits per heavy atom. The summed E-state index contributed by atoms with van der Waals surface area (Å²) in [4.78, 5) is 2.31. The smallest absolute Gasteiger partial charge is 0.0441 e. The molecule has 16 heavy (non-hydrogen) atoms. The van der Waals surface area contributed by atoms with Gasteiger partial charge in [-0.1, -0.05) is 36.7 Å². The van der Waals surface area contributed by atoms with E-state index < -0.39 is 0 Å². The average Bonchev–Trinajstić information content (AvgIpc) is 2.22. The van der Waals surface area contributed by atoms with Crippen molar-refractivity contribution in [2.24, 2.45) is 5.92 Å². The Hall–Kier alpha value is -0.950. The van der Waals surface area contributed by atoms with Gasteiger partial charge in [-0.3, -0.25) is 0 Å². The Bertz CT molecular complexity index is 423. The van der Waals surface area contributed by atoms with Crippen LogP contribution in [0.3, 0.4) is 0 Å². The Morgan fingerprint density at radius 1 is 1.38 bits per heavy atom. The summed E-state index contributed by atoms with van der Waals surface area (Å²) in [5, 5.41) is 0.852. The lowest BCUT2D eigenvalue weighted by Gasteiger charge is -2.30. The van der Waals surface area contributed by atoms with Gasteiger partial charge in [0.05, 0.1) is 0 Å². The number of halogens is 1. The van der Waals surface area contributed by atoms with E-state index in [0.29, 0.717) is 0 Å². The van der Waals surface area contributed by atoms with E-state index in [9.17, 15) is 0 Å². The van der Waals surface area contributed by atoms with Gasteiger partial charge in [0.15, 0.2) is 0 Å². The number of allylic oxidation sites excluding steroid dienone is 1. The van der Waals surface area contributed by atoms with E-state index in [1.54, 1.807) is 0 Å². The Balaban J connectivity index is 2.33. The summed E-state index contributed by atoms with van der Waals surface area (Å²) in [6.45, 7) is 5.44. The van der Waals surface area contributed by atoms with Gasteiger partial charge in [-0.05, 0) is 36.5 Å². The van der Waals surface area contributed by atoms with Gasteiger partial charge in [0, 0.05) is 24.3 Å². The van der Waals surface area contributed by atoms with Crippen LogP contribution >= 0.6 is 11.6 Å². The van der Waals surface area contributed by atoms with Crippen LogP contribution in [0, 0.1) is 12.8 Å². The molecule has 1 nitrogen and oxygen atoms in total. The Labute approximate surface area is 103 Å². The van der Waals surface area contributed by atoms with Gasteiger partial charge in [-0.25, -0.2) is 0 Å². The lowest BCUT2D eigenvalue weighted by Crippen LogP contribution is -2.26. The van der Waals surface area contributed by atoms with Crippen LogP contribution in [0.1, 0.15) is 24.5 Å². The van der Waals surface area contributed by atoms with Crippen LogP contribution in [0.25, 0.3) is 5.70 Å². The monoisotopic (exact) mass is 235 g/mol. The molecule has 0 bridgehead atoms. The predicted octanol–water partition coefficient (Wildman–Crippen LogP) is 3.96. The average molecular weight is 236 g/mol. The normalized spacial score (nSPS) is 20.9. The Kier molecular flexibility index (Phi) is 3.25. The van der Waals surface area contributed by atoms with Gasteiger partial charge >= 0.3 is 0 Å². The lowest BCUT2D eigenvalue weighted by atomic mass is 9.98. The largest absolute Gasteiger partial charge is 0.374 e. The zero-order chi connectivity index (χ0) is 11.7. The zero-order valence-electron chi connectivity index (χ0n) is 10.1. The molecule has 1 aliphatic heterocycles. The standard InChI is InChI=1S/C14H18ClN/c1-10-4-7-14(16(3)9-10)12-6-5-11(2)13(15)8-12/h5-8,10H,4,9H2,1-3H3. The molecule has 0 saturated heterocycles. The quantitative estimate of drug-likeness (QED) is 0.712. The maximum atomic E-state index is 6.16. The van der Waals surface area contributed by atoms with E-state index in [1.807, 2.05) is 6.92 Å². The molecule has 1 aromatic rings. The molecular weight excluding hydrogens is 218 g/mol. The minimum Gasteiger partial charge on any atom is -0.374 e. The second kappa shape index (κ2) is 4.50. The molecule has 2 rings (SSSR count). The molecule has 1 heterocycles. The third kappa shape index (κ3) is 2.25. The van der Waals surface area contributed by atoms with Crippen molar-refractivity contribution < 1.29 is 0 Å². The molecule has 1 aliphatic rings. The van der Waals surface area contributed by atoms with Gasteiger partial charge in [0.25, 0.3) is 0 Å². The van der Waals surface area contributed by atoms with Crippen LogP contribution in [0.5, 0.6) is 0 Å². The first-order chi connectivity index (χ1) is 7.58. The highest BCUT2D eigenvalue weighted by molar-refractivity contribution is 6.31. The van der Waals surface area contributed by atoms with Gasteiger partial charge in [-0.2, -0.15) is 0 Å². The molecular formula is C14H18ClN. The van der Waals surface area contributed by atoms with Crippen LogP contribution in [0.2, 0.25) is 5.02 Å². The van der Waals surface area contributed by atoms with Crippen molar-refractivity contribution in [3.63, 3.8) is 0 Å². The van der Waals surface area contributed by atoms with Crippen molar-refractivity contribution in [3.05, 3.63) is 40.4 Å². The van der Waals surface area contributed by atoms with Crippen LogP contribution in [0.4, 0.5) is 0 Å². The fourth-order valence-corrected chi connectivity index (χ4v) is 2.38. The van der Waals surface area contributed by atoms with Crippen LogP contribution < -0.4 is 0 Å². The molecule has 2 heteroatoms. The number of nitrogens with zero attached hydrogens (tertiary/aromatic N) is 1. The minimum absolute atomic E-state index is 0.745. The molecule has 86 valence electrons. The SMILES string of the molecule is Cc1ccc(C2=CCC(C)CN2C)cc1Cl. The van der Waals surface area contributed by atoms with E-state index in [4.69, 9.17) is 11.6 Å². The first-order valence-electron chi connectivity index (χ1n) is 5.75. The van der Waals surface area contributed by atoms with Crippen molar-refractivity contribution in [1.29, 1.82) is 0 Å². The molecule has 0 amide bonds. The molecule has 0 N–H and O–H groups in total. The predicted molar refractivity (Wildman–Crippen MR) is 70.6 cm³/mol. The summed E-state index contributed by atoms with van der Waals surface area (Å²) in [6.07, 6.45) is 3.47. The fourth-order valence-electron chi connectivity index (χ4n) is 2.20. The molecule has 0 aliphatic carbocycles. The maximum absolute atomic E-state index is 6.16. The first kappa shape index (κ1) is 11.5.